The van der Waals surface area contributed by atoms with Gasteiger partial charge in [0.05, 0.1) is 12.8 Å². The molecule has 0 bridgehead atoms. The molecule has 0 spiro atoms. The number of halogens is 1. The summed E-state index contributed by atoms with van der Waals surface area (Å²) in [5.41, 5.74) is 2.45. The lowest BCUT2D eigenvalue weighted by Gasteiger charge is -2.11. The monoisotopic (exact) mass is 452 g/mol. The Morgan fingerprint density at radius 1 is 1.16 bits per heavy atom. The Morgan fingerprint density at radius 2 is 1.92 bits per heavy atom. The summed E-state index contributed by atoms with van der Waals surface area (Å²) in [4.78, 5) is 8.59. The molecule has 0 fully saturated rings. The first kappa shape index (κ1) is 19.0. The number of rotatable bonds is 5. The summed E-state index contributed by atoms with van der Waals surface area (Å²) in [6.45, 7) is 3.27. The van der Waals surface area contributed by atoms with Gasteiger partial charge in [-0.3, -0.25) is 10.1 Å². The molecule has 2 aromatic heterocycles. The molecule has 0 aliphatic carbocycles. The Morgan fingerprint density at radius 3 is 2.60 bits per heavy atom. The number of aryl methyl sites for hydroxylation is 1. The third kappa shape index (κ3) is 5.31. The smallest absolute Gasteiger partial charge is 0.216 e. The highest BCUT2D eigenvalue weighted by atomic mass is 127. The van der Waals surface area contributed by atoms with E-state index in [2.05, 4.69) is 62.0 Å². The van der Waals surface area contributed by atoms with Gasteiger partial charge >= 0.3 is 0 Å². The van der Waals surface area contributed by atoms with Gasteiger partial charge in [0.25, 0.3) is 0 Å². The van der Waals surface area contributed by atoms with Crippen LogP contribution in [0.4, 0.5) is 0 Å². The minimum Gasteiger partial charge on any atom is -0.461 e. The number of aliphatic imine (C=N–C) groups is 1. The maximum atomic E-state index is 5.27. The van der Waals surface area contributed by atoms with E-state index in [0.29, 0.717) is 36.5 Å². The van der Waals surface area contributed by atoms with Gasteiger partial charge in [0.15, 0.2) is 11.7 Å². The van der Waals surface area contributed by atoms with E-state index in [1.165, 1.54) is 11.1 Å². The molecule has 0 radical (unpaired) electrons. The van der Waals surface area contributed by atoms with Gasteiger partial charge in [-0.2, -0.15) is 0 Å². The molecule has 3 rings (SSSR count). The first-order chi connectivity index (χ1) is 11.7. The van der Waals surface area contributed by atoms with E-state index >= 15 is 0 Å². The number of hydrogen-bond donors (Lipinski definition) is 3. The molecule has 8 heteroatoms. The number of hydrogen-bond acceptors (Lipinski definition) is 4. The second-order valence-electron chi connectivity index (χ2n) is 5.35. The van der Waals surface area contributed by atoms with Crippen molar-refractivity contribution >= 4 is 29.9 Å². The molecule has 2 heterocycles. The Labute approximate surface area is 163 Å². The highest BCUT2D eigenvalue weighted by Crippen LogP contribution is 2.14. The molecule has 25 heavy (non-hydrogen) atoms. The number of aromatic nitrogens is 3. The summed E-state index contributed by atoms with van der Waals surface area (Å²) in [6, 6.07) is 12.0. The van der Waals surface area contributed by atoms with Crippen molar-refractivity contribution in [2.45, 2.75) is 20.0 Å². The van der Waals surface area contributed by atoms with Crippen molar-refractivity contribution in [1.29, 1.82) is 0 Å². The van der Waals surface area contributed by atoms with Crippen LogP contribution in [0.25, 0.3) is 11.6 Å². The quantitative estimate of drug-likeness (QED) is 0.315. The molecule has 0 aliphatic heterocycles. The highest BCUT2D eigenvalue weighted by Gasteiger charge is 2.08. The Kier molecular flexibility index (Phi) is 6.99. The van der Waals surface area contributed by atoms with E-state index in [0.717, 1.165) is 0 Å². The summed E-state index contributed by atoms with van der Waals surface area (Å²) in [5, 5.41) is 13.5. The van der Waals surface area contributed by atoms with Crippen molar-refractivity contribution in [3.05, 3.63) is 59.6 Å². The molecule has 0 aliphatic rings. The first-order valence-electron chi connectivity index (χ1n) is 7.70. The zero-order chi connectivity index (χ0) is 16.8. The highest BCUT2D eigenvalue weighted by molar-refractivity contribution is 14.0. The van der Waals surface area contributed by atoms with Crippen LogP contribution in [0, 0.1) is 6.92 Å². The number of guanidine groups is 1. The predicted octanol–water partition coefficient (Wildman–Crippen LogP) is 2.86. The van der Waals surface area contributed by atoms with Crippen molar-refractivity contribution in [3.8, 4) is 11.6 Å². The summed E-state index contributed by atoms with van der Waals surface area (Å²) >= 11 is 0. The molecule has 0 saturated carbocycles. The Bertz CT molecular complexity index is 795. The third-order valence-corrected chi connectivity index (χ3v) is 3.50. The second kappa shape index (κ2) is 9.21. The number of benzene rings is 1. The molecule has 132 valence electrons. The van der Waals surface area contributed by atoms with Crippen LogP contribution in [0.15, 0.2) is 52.1 Å². The van der Waals surface area contributed by atoms with Gasteiger partial charge in [-0.05, 0) is 24.6 Å². The van der Waals surface area contributed by atoms with Crippen LogP contribution in [0.1, 0.15) is 17.0 Å². The van der Waals surface area contributed by atoms with E-state index < -0.39 is 0 Å². The van der Waals surface area contributed by atoms with Crippen molar-refractivity contribution in [2.75, 3.05) is 7.05 Å². The molecular formula is C17H21IN6O. The van der Waals surface area contributed by atoms with Crippen LogP contribution in [0.3, 0.4) is 0 Å². The van der Waals surface area contributed by atoms with Crippen LogP contribution < -0.4 is 10.6 Å². The third-order valence-electron chi connectivity index (χ3n) is 3.50. The lowest BCUT2D eigenvalue weighted by Crippen LogP contribution is -2.36. The lowest BCUT2D eigenvalue weighted by atomic mass is 10.1. The summed E-state index contributed by atoms with van der Waals surface area (Å²) in [5.74, 6) is 2.59. The number of nitrogens with one attached hydrogen (secondary N) is 3. The van der Waals surface area contributed by atoms with E-state index in [4.69, 9.17) is 4.42 Å². The van der Waals surface area contributed by atoms with E-state index in [1.807, 2.05) is 6.07 Å². The molecule has 3 N–H and O–H groups in total. The Balaban J connectivity index is 0.00000225. The van der Waals surface area contributed by atoms with Crippen molar-refractivity contribution in [2.24, 2.45) is 4.99 Å². The molecule has 1 aromatic carbocycles. The van der Waals surface area contributed by atoms with Crippen LogP contribution in [-0.2, 0) is 13.1 Å². The van der Waals surface area contributed by atoms with E-state index in [9.17, 15) is 0 Å². The van der Waals surface area contributed by atoms with Gasteiger partial charge < -0.3 is 15.1 Å². The molecule has 7 nitrogen and oxygen atoms in total. The summed E-state index contributed by atoms with van der Waals surface area (Å²) in [6.07, 6.45) is 1.60. The predicted molar refractivity (Wildman–Crippen MR) is 108 cm³/mol. The van der Waals surface area contributed by atoms with E-state index in [1.54, 1.807) is 19.4 Å². The lowest BCUT2D eigenvalue weighted by molar-refractivity contribution is 0.577. The SMILES string of the molecule is CN=C(NCc1ccc(C)cc1)NCc1nc(-c2ccco2)n[nH]1.I. The second-order valence-corrected chi connectivity index (χ2v) is 5.35. The fourth-order valence-corrected chi connectivity index (χ4v) is 2.17. The van der Waals surface area contributed by atoms with Gasteiger partial charge in [-0.15, -0.1) is 29.1 Å². The fraction of sp³-hybridized carbons (Fsp3) is 0.235. The molecular weight excluding hydrogens is 431 g/mol. The summed E-state index contributed by atoms with van der Waals surface area (Å²) in [7, 11) is 1.74. The van der Waals surface area contributed by atoms with Crippen LogP contribution >= 0.6 is 24.0 Å². The molecule has 0 amide bonds. The minimum absolute atomic E-state index is 0. The molecule has 3 aromatic rings. The van der Waals surface area contributed by atoms with Crippen LogP contribution in [0.2, 0.25) is 0 Å². The topological polar surface area (TPSA) is 91.1 Å². The molecule has 0 unspecified atom stereocenters. The van der Waals surface area contributed by atoms with Gasteiger partial charge in [0.1, 0.15) is 5.82 Å². The van der Waals surface area contributed by atoms with Crippen LogP contribution in [0.5, 0.6) is 0 Å². The minimum atomic E-state index is 0. The van der Waals surface area contributed by atoms with Gasteiger partial charge in [-0.1, -0.05) is 29.8 Å². The fourth-order valence-electron chi connectivity index (χ4n) is 2.17. The van der Waals surface area contributed by atoms with Crippen LogP contribution in [-0.4, -0.2) is 28.2 Å². The van der Waals surface area contributed by atoms with E-state index in [-0.39, 0.29) is 24.0 Å². The number of aromatic amines is 1. The molecule has 0 saturated heterocycles. The Hall–Kier alpha value is -2.36. The largest absolute Gasteiger partial charge is 0.461 e. The van der Waals surface area contributed by atoms with Gasteiger partial charge in [0.2, 0.25) is 5.82 Å². The number of furan rings is 1. The number of H-pyrrole nitrogens is 1. The zero-order valence-corrected chi connectivity index (χ0v) is 16.4. The summed E-state index contributed by atoms with van der Waals surface area (Å²) < 4.78 is 5.27. The standard InChI is InChI=1S/C17H20N6O.HI/c1-12-5-7-13(8-6-12)10-19-17(18-2)20-11-15-21-16(23-22-15)14-4-3-9-24-14;/h3-9H,10-11H2,1-2H3,(H2,18,19,20)(H,21,22,23);1H. The van der Waals surface area contributed by atoms with Gasteiger partial charge in [-0.25, -0.2) is 4.98 Å². The van der Waals surface area contributed by atoms with Crippen molar-refractivity contribution in [1.82, 2.24) is 25.8 Å². The maximum Gasteiger partial charge on any atom is 0.216 e. The zero-order valence-electron chi connectivity index (χ0n) is 14.1. The van der Waals surface area contributed by atoms with Gasteiger partial charge in [0, 0.05) is 13.6 Å². The normalized spacial score (nSPS) is 11.0. The maximum absolute atomic E-state index is 5.27. The van der Waals surface area contributed by atoms with Crippen molar-refractivity contribution < 1.29 is 4.42 Å². The molecule has 0 atom stereocenters. The average molecular weight is 452 g/mol. The average Bonchev–Trinajstić information content (AvgIpc) is 3.28. The van der Waals surface area contributed by atoms with Crippen molar-refractivity contribution in [3.63, 3.8) is 0 Å². The number of nitrogens with zero attached hydrogens (tertiary/aromatic N) is 3. The first-order valence-corrected chi connectivity index (χ1v) is 7.70.